The van der Waals surface area contributed by atoms with E-state index in [1.165, 1.54) is 24.3 Å². The van der Waals surface area contributed by atoms with Gasteiger partial charge in [0.15, 0.2) is 5.69 Å². The van der Waals surface area contributed by atoms with E-state index in [4.69, 9.17) is 23.2 Å². The number of rotatable bonds is 2. The number of carbonyl (C=O) groups is 1. The minimum atomic E-state index is -0.674. The average Bonchev–Trinajstić information content (AvgIpc) is 2.82. The fourth-order valence-electron chi connectivity index (χ4n) is 2.04. The number of aromatic hydroxyl groups is 1. The number of nitrogens with zero attached hydrogens (tertiary/aromatic N) is 2. The van der Waals surface area contributed by atoms with E-state index in [0.717, 1.165) is 12.1 Å². The van der Waals surface area contributed by atoms with E-state index in [9.17, 15) is 14.3 Å². The second-order valence-corrected chi connectivity index (χ2v) is 5.49. The number of benzene rings is 2. The van der Waals surface area contributed by atoms with Gasteiger partial charge in [0, 0.05) is 16.0 Å². The number of nitrogens with one attached hydrogen (secondary N) is 1. The summed E-state index contributed by atoms with van der Waals surface area (Å²) in [6.07, 6.45) is 0. The Labute approximate surface area is 139 Å². The van der Waals surface area contributed by atoms with Crippen LogP contribution in [-0.2, 0) is 0 Å². The molecule has 0 atom stereocenters. The summed E-state index contributed by atoms with van der Waals surface area (Å²) in [5, 5.41) is 18.3. The molecule has 0 radical (unpaired) electrons. The molecule has 2 aromatic carbocycles. The minimum Gasteiger partial charge on any atom is -0.493 e. The van der Waals surface area contributed by atoms with Crippen LogP contribution in [0.25, 0.3) is 10.9 Å². The Hall–Kier alpha value is -2.44. The van der Waals surface area contributed by atoms with E-state index in [0.29, 0.717) is 20.9 Å². The molecule has 0 spiro atoms. The molecule has 0 aliphatic carbocycles. The first-order valence-corrected chi connectivity index (χ1v) is 7.12. The quantitative estimate of drug-likeness (QED) is 0.619. The summed E-state index contributed by atoms with van der Waals surface area (Å²) in [7, 11) is 0. The van der Waals surface area contributed by atoms with Gasteiger partial charge in [0.05, 0.1) is 10.5 Å². The second kappa shape index (κ2) is 5.98. The van der Waals surface area contributed by atoms with Crippen molar-refractivity contribution >= 4 is 45.7 Å². The van der Waals surface area contributed by atoms with E-state index >= 15 is 0 Å². The second-order valence-electron chi connectivity index (χ2n) is 4.64. The SMILES string of the molecule is O=C(N=Nc1c(O)[nH]c2c(Cl)cc(Cl)cc12)c1ccc(F)cc1. The summed E-state index contributed by atoms with van der Waals surface area (Å²) in [5.74, 6) is -1.43. The Bertz CT molecular complexity index is 936. The molecular weight excluding hydrogens is 344 g/mol. The third-order valence-electron chi connectivity index (χ3n) is 3.11. The van der Waals surface area contributed by atoms with Gasteiger partial charge in [0.1, 0.15) is 5.82 Å². The molecule has 1 amide bonds. The van der Waals surface area contributed by atoms with E-state index in [2.05, 4.69) is 15.2 Å². The number of aromatic nitrogens is 1. The van der Waals surface area contributed by atoms with Crippen LogP contribution in [0.1, 0.15) is 10.4 Å². The zero-order valence-electron chi connectivity index (χ0n) is 11.3. The first kappa shape index (κ1) is 15.5. The molecular formula is C15H8Cl2FN3O2. The Morgan fingerprint density at radius 3 is 2.57 bits per heavy atom. The number of azo groups is 1. The predicted molar refractivity (Wildman–Crippen MR) is 85.2 cm³/mol. The average molecular weight is 352 g/mol. The third kappa shape index (κ3) is 3.04. The van der Waals surface area contributed by atoms with Gasteiger partial charge in [0.25, 0.3) is 5.91 Å². The lowest BCUT2D eigenvalue weighted by atomic mass is 10.2. The number of hydrogen-bond acceptors (Lipinski definition) is 3. The fourth-order valence-corrected chi connectivity index (χ4v) is 2.58. The smallest absolute Gasteiger partial charge is 0.295 e. The largest absolute Gasteiger partial charge is 0.493 e. The lowest BCUT2D eigenvalue weighted by molar-refractivity contribution is 0.0995. The molecule has 116 valence electrons. The van der Waals surface area contributed by atoms with Gasteiger partial charge in [-0.25, -0.2) is 4.39 Å². The molecule has 3 aromatic rings. The van der Waals surface area contributed by atoms with Crippen molar-refractivity contribution < 1.29 is 14.3 Å². The van der Waals surface area contributed by atoms with Gasteiger partial charge in [-0.1, -0.05) is 23.2 Å². The third-order valence-corrected chi connectivity index (χ3v) is 3.63. The number of halogens is 3. The fraction of sp³-hybridized carbons (Fsp3) is 0. The van der Waals surface area contributed by atoms with E-state index < -0.39 is 11.7 Å². The molecule has 1 heterocycles. The number of fused-ring (bicyclic) bond motifs is 1. The molecule has 2 N–H and O–H groups in total. The summed E-state index contributed by atoms with van der Waals surface area (Å²) in [4.78, 5) is 14.5. The van der Waals surface area contributed by atoms with Crippen molar-refractivity contribution in [2.45, 2.75) is 0 Å². The lowest BCUT2D eigenvalue weighted by Gasteiger charge is -1.96. The van der Waals surface area contributed by atoms with Crippen molar-refractivity contribution in [1.82, 2.24) is 4.98 Å². The molecule has 0 saturated heterocycles. The van der Waals surface area contributed by atoms with Crippen LogP contribution < -0.4 is 0 Å². The van der Waals surface area contributed by atoms with Crippen LogP contribution in [0.4, 0.5) is 10.1 Å². The minimum absolute atomic E-state index is 0.0415. The van der Waals surface area contributed by atoms with Crippen LogP contribution in [0.2, 0.25) is 10.0 Å². The molecule has 0 aliphatic rings. The molecule has 0 aliphatic heterocycles. The summed E-state index contributed by atoms with van der Waals surface area (Å²) in [6, 6.07) is 7.91. The van der Waals surface area contributed by atoms with Crippen molar-refractivity contribution in [2.24, 2.45) is 10.2 Å². The molecule has 0 unspecified atom stereocenters. The Morgan fingerprint density at radius 2 is 1.87 bits per heavy atom. The van der Waals surface area contributed by atoms with E-state index in [1.54, 1.807) is 0 Å². The molecule has 5 nitrogen and oxygen atoms in total. The molecule has 23 heavy (non-hydrogen) atoms. The Kier molecular flexibility index (Phi) is 4.02. The number of amides is 1. The Morgan fingerprint density at radius 1 is 1.17 bits per heavy atom. The van der Waals surface area contributed by atoms with Crippen molar-refractivity contribution in [1.29, 1.82) is 0 Å². The normalized spacial score (nSPS) is 11.4. The van der Waals surface area contributed by atoms with Crippen LogP contribution in [0.3, 0.4) is 0 Å². The first-order valence-electron chi connectivity index (χ1n) is 6.37. The summed E-state index contributed by atoms with van der Waals surface area (Å²) < 4.78 is 12.8. The lowest BCUT2D eigenvalue weighted by Crippen LogP contribution is -1.93. The maximum atomic E-state index is 12.8. The predicted octanol–water partition coefficient (Wildman–Crippen LogP) is 5.24. The van der Waals surface area contributed by atoms with Crippen LogP contribution in [0, 0.1) is 5.82 Å². The van der Waals surface area contributed by atoms with Crippen LogP contribution in [-0.4, -0.2) is 16.0 Å². The zero-order chi connectivity index (χ0) is 16.6. The van der Waals surface area contributed by atoms with Gasteiger partial charge >= 0.3 is 0 Å². The Balaban J connectivity index is 1.99. The van der Waals surface area contributed by atoms with E-state index in [-0.39, 0.29) is 17.1 Å². The van der Waals surface area contributed by atoms with Gasteiger partial charge in [0.2, 0.25) is 5.88 Å². The van der Waals surface area contributed by atoms with Gasteiger partial charge in [-0.3, -0.25) is 4.79 Å². The maximum Gasteiger partial charge on any atom is 0.295 e. The van der Waals surface area contributed by atoms with Crippen LogP contribution in [0.15, 0.2) is 46.6 Å². The highest BCUT2D eigenvalue weighted by molar-refractivity contribution is 6.38. The summed E-state index contributed by atoms with van der Waals surface area (Å²) >= 11 is 11.9. The number of carbonyl (C=O) groups excluding carboxylic acids is 1. The summed E-state index contributed by atoms with van der Waals surface area (Å²) in [6.45, 7) is 0. The molecule has 0 bridgehead atoms. The zero-order valence-corrected chi connectivity index (χ0v) is 12.9. The van der Waals surface area contributed by atoms with Gasteiger partial charge in [-0.05, 0) is 36.4 Å². The monoisotopic (exact) mass is 351 g/mol. The highest BCUT2D eigenvalue weighted by Crippen LogP contribution is 2.40. The maximum absolute atomic E-state index is 12.8. The molecule has 0 saturated carbocycles. The number of aromatic amines is 1. The topological polar surface area (TPSA) is 77.8 Å². The standard InChI is InChI=1S/C15H8Cl2FN3O2/c16-8-5-10-12(11(17)6-8)19-15(23)13(10)20-21-14(22)7-1-3-9(18)4-2-7/h1-6,19,23H. The van der Waals surface area contributed by atoms with Crippen molar-refractivity contribution in [2.75, 3.05) is 0 Å². The summed E-state index contributed by atoms with van der Waals surface area (Å²) in [5.41, 5.74) is 0.641. The number of hydrogen-bond donors (Lipinski definition) is 2. The molecule has 8 heteroatoms. The first-order chi connectivity index (χ1) is 11.0. The molecule has 3 rings (SSSR count). The molecule has 0 fully saturated rings. The van der Waals surface area contributed by atoms with Crippen molar-refractivity contribution in [3.63, 3.8) is 0 Å². The van der Waals surface area contributed by atoms with Gasteiger partial charge < -0.3 is 10.1 Å². The van der Waals surface area contributed by atoms with E-state index in [1.807, 2.05) is 0 Å². The van der Waals surface area contributed by atoms with Gasteiger partial charge in [-0.15, -0.1) is 10.2 Å². The van der Waals surface area contributed by atoms with Gasteiger partial charge in [-0.2, -0.15) is 0 Å². The van der Waals surface area contributed by atoms with Crippen LogP contribution in [0.5, 0.6) is 5.88 Å². The highest BCUT2D eigenvalue weighted by atomic mass is 35.5. The van der Waals surface area contributed by atoms with Crippen molar-refractivity contribution in [3.8, 4) is 5.88 Å². The van der Waals surface area contributed by atoms with Crippen molar-refractivity contribution in [3.05, 3.63) is 57.8 Å². The van der Waals surface area contributed by atoms with Crippen LogP contribution >= 0.6 is 23.2 Å². The number of H-pyrrole nitrogens is 1. The highest BCUT2D eigenvalue weighted by Gasteiger charge is 2.14. The molecule has 1 aromatic heterocycles.